The molecule has 0 bridgehead atoms. The van der Waals surface area contributed by atoms with Crippen LogP contribution in [0.25, 0.3) is 0 Å². The molecule has 0 saturated heterocycles. The Morgan fingerprint density at radius 1 is 1.64 bits per heavy atom. The highest BCUT2D eigenvalue weighted by Crippen LogP contribution is 2.10. The summed E-state index contributed by atoms with van der Waals surface area (Å²) in [5.41, 5.74) is 0. The normalized spacial score (nSPS) is 14.8. The fraction of sp³-hybridized carbons (Fsp3) is 0.667. The topological polar surface area (TPSA) is 113 Å². The van der Waals surface area contributed by atoms with Gasteiger partial charge >= 0.3 is 6.09 Å². The largest absolute Gasteiger partial charge is 0.465 e. The molecule has 1 amide bonds. The summed E-state index contributed by atoms with van der Waals surface area (Å²) in [4.78, 5) is 11.5. The number of amides is 1. The van der Waals surface area contributed by atoms with Gasteiger partial charge in [0.15, 0.2) is 0 Å². The van der Waals surface area contributed by atoms with Crippen LogP contribution in [0.4, 0.5) is 4.79 Å². The van der Waals surface area contributed by atoms with Gasteiger partial charge in [-0.05, 0) is 12.1 Å². The van der Waals surface area contributed by atoms with Crippen molar-refractivity contribution < 1.29 is 15.0 Å². The Kier molecular flexibility index (Phi) is 2.97. The van der Waals surface area contributed by atoms with Gasteiger partial charge in [-0.1, -0.05) is 0 Å². The van der Waals surface area contributed by atoms with Crippen molar-refractivity contribution in [3.05, 3.63) is 5.82 Å². The van der Waals surface area contributed by atoms with Gasteiger partial charge in [0, 0.05) is 0 Å². The third-order valence-electron chi connectivity index (χ3n) is 1.61. The second-order valence-electron chi connectivity index (χ2n) is 2.82. The summed E-state index contributed by atoms with van der Waals surface area (Å²) in [6.07, 6.45) is -2.31. The minimum Gasteiger partial charge on any atom is -0.465 e. The minimum atomic E-state index is -1.21. The number of carbonyl (C=O) groups is 1. The molecule has 0 radical (unpaired) electrons. The van der Waals surface area contributed by atoms with E-state index in [1.54, 1.807) is 7.05 Å². The van der Waals surface area contributed by atoms with E-state index in [1.807, 2.05) is 0 Å². The molecule has 0 aliphatic heterocycles. The van der Waals surface area contributed by atoms with Crippen molar-refractivity contribution in [2.75, 3.05) is 0 Å². The zero-order chi connectivity index (χ0) is 10.7. The summed E-state index contributed by atoms with van der Waals surface area (Å²) < 4.78 is 0. The standard InChI is InChI=1S/C6H11N5O3/c1-3(7-6(13)14)4(12)5-8-10-11(2)9-5/h3-4,7,12H,1-2H3,(H,13,14)/t3-,4-/m0/s1. The summed E-state index contributed by atoms with van der Waals surface area (Å²) in [6.45, 7) is 1.51. The summed E-state index contributed by atoms with van der Waals surface area (Å²) in [5.74, 6) is 0.0914. The molecule has 8 heteroatoms. The highest BCUT2D eigenvalue weighted by atomic mass is 16.4. The molecule has 8 nitrogen and oxygen atoms in total. The van der Waals surface area contributed by atoms with Gasteiger partial charge in [0.05, 0.1) is 13.1 Å². The quantitative estimate of drug-likeness (QED) is 0.572. The molecule has 1 aromatic heterocycles. The van der Waals surface area contributed by atoms with Crippen molar-refractivity contribution in [2.24, 2.45) is 7.05 Å². The van der Waals surface area contributed by atoms with E-state index in [1.165, 1.54) is 11.7 Å². The van der Waals surface area contributed by atoms with E-state index in [0.29, 0.717) is 0 Å². The number of aryl methyl sites for hydroxylation is 1. The first kappa shape index (κ1) is 10.4. The van der Waals surface area contributed by atoms with Crippen LogP contribution in [-0.2, 0) is 7.05 Å². The lowest BCUT2D eigenvalue weighted by Gasteiger charge is -2.14. The molecule has 0 fully saturated rings. The highest BCUT2D eigenvalue weighted by molar-refractivity contribution is 5.64. The highest BCUT2D eigenvalue weighted by Gasteiger charge is 2.22. The molecule has 78 valence electrons. The zero-order valence-corrected chi connectivity index (χ0v) is 7.75. The number of aliphatic hydroxyl groups is 1. The predicted molar refractivity (Wildman–Crippen MR) is 44.4 cm³/mol. The number of hydrogen-bond acceptors (Lipinski definition) is 5. The number of carboxylic acid groups (broad SMARTS) is 1. The molecular formula is C6H11N5O3. The van der Waals surface area contributed by atoms with Gasteiger partial charge in [-0.3, -0.25) is 0 Å². The molecule has 2 atom stereocenters. The van der Waals surface area contributed by atoms with Crippen molar-refractivity contribution in [1.29, 1.82) is 0 Å². The molecule has 0 aliphatic rings. The first-order valence-electron chi connectivity index (χ1n) is 3.92. The van der Waals surface area contributed by atoms with Gasteiger partial charge in [0.25, 0.3) is 0 Å². The summed E-state index contributed by atoms with van der Waals surface area (Å²) in [5, 5.41) is 30.9. The Morgan fingerprint density at radius 3 is 2.71 bits per heavy atom. The van der Waals surface area contributed by atoms with E-state index in [9.17, 15) is 9.90 Å². The van der Waals surface area contributed by atoms with Gasteiger partial charge in [-0.25, -0.2) is 4.79 Å². The number of nitrogens with one attached hydrogen (secondary N) is 1. The minimum absolute atomic E-state index is 0.0914. The molecule has 0 spiro atoms. The first-order valence-corrected chi connectivity index (χ1v) is 3.92. The fourth-order valence-corrected chi connectivity index (χ4v) is 0.914. The van der Waals surface area contributed by atoms with Crippen LogP contribution in [0, 0.1) is 0 Å². The lowest BCUT2D eigenvalue weighted by atomic mass is 10.2. The van der Waals surface area contributed by atoms with Crippen LogP contribution in [0.5, 0.6) is 0 Å². The van der Waals surface area contributed by atoms with Crippen molar-refractivity contribution in [3.63, 3.8) is 0 Å². The molecule has 1 heterocycles. The van der Waals surface area contributed by atoms with Crippen LogP contribution in [0.3, 0.4) is 0 Å². The van der Waals surface area contributed by atoms with Gasteiger partial charge in [-0.2, -0.15) is 4.80 Å². The van der Waals surface area contributed by atoms with Gasteiger partial charge in [0.1, 0.15) is 6.10 Å². The maximum atomic E-state index is 10.3. The number of tetrazole rings is 1. The molecule has 0 aromatic carbocycles. The fourth-order valence-electron chi connectivity index (χ4n) is 0.914. The van der Waals surface area contributed by atoms with Crippen LogP contribution >= 0.6 is 0 Å². The van der Waals surface area contributed by atoms with E-state index in [2.05, 4.69) is 20.7 Å². The molecule has 14 heavy (non-hydrogen) atoms. The number of nitrogens with zero attached hydrogens (tertiary/aromatic N) is 4. The van der Waals surface area contributed by atoms with Gasteiger partial charge in [-0.15, -0.1) is 10.2 Å². The van der Waals surface area contributed by atoms with E-state index >= 15 is 0 Å². The average molecular weight is 201 g/mol. The SMILES string of the molecule is C[C@H](NC(=O)O)[C@H](O)c1nnn(C)n1. The smallest absolute Gasteiger partial charge is 0.404 e. The second-order valence-corrected chi connectivity index (χ2v) is 2.82. The van der Waals surface area contributed by atoms with Crippen LogP contribution < -0.4 is 5.32 Å². The zero-order valence-electron chi connectivity index (χ0n) is 7.75. The van der Waals surface area contributed by atoms with Crippen LogP contribution in [-0.4, -0.2) is 42.6 Å². The van der Waals surface area contributed by atoms with Crippen LogP contribution in [0.1, 0.15) is 18.9 Å². The van der Waals surface area contributed by atoms with E-state index < -0.39 is 18.2 Å². The lowest BCUT2D eigenvalue weighted by molar-refractivity contribution is 0.120. The van der Waals surface area contributed by atoms with E-state index in [-0.39, 0.29) is 5.82 Å². The number of hydrogen-bond donors (Lipinski definition) is 3. The third-order valence-corrected chi connectivity index (χ3v) is 1.61. The van der Waals surface area contributed by atoms with Crippen molar-refractivity contribution >= 4 is 6.09 Å². The number of aliphatic hydroxyl groups excluding tert-OH is 1. The summed E-state index contributed by atoms with van der Waals surface area (Å²) >= 11 is 0. The van der Waals surface area contributed by atoms with Crippen molar-refractivity contribution in [3.8, 4) is 0 Å². The molecule has 3 N–H and O–H groups in total. The van der Waals surface area contributed by atoms with E-state index in [4.69, 9.17) is 5.11 Å². The molecule has 0 aliphatic carbocycles. The van der Waals surface area contributed by atoms with Crippen molar-refractivity contribution in [2.45, 2.75) is 19.1 Å². The Morgan fingerprint density at radius 2 is 2.29 bits per heavy atom. The predicted octanol–water partition coefficient (Wildman–Crippen LogP) is -1.10. The average Bonchev–Trinajstić information content (AvgIpc) is 2.49. The molecular weight excluding hydrogens is 190 g/mol. The second kappa shape index (κ2) is 4.01. The Hall–Kier alpha value is -1.70. The Bertz CT molecular complexity index is 325. The Balaban J connectivity index is 2.65. The van der Waals surface area contributed by atoms with Gasteiger partial charge < -0.3 is 15.5 Å². The lowest BCUT2D eigenvalue weighted by Crippen LogP contribution is -2.36. The first-order chi connectivity index (χ1) is 6.50. The number of rotatable bonds is 3. The maximum absolute atomic E-state index is 10.3. The molecule has 1 rings (SSSR count). The summed E-state index contributed by atoms with van der Waals surface area (Å²) in [7, 11) is 1.55. The van der Waals surface area contributed by atoms with Crippen molar-refractivity contribution in [1.82, 2.24) is 25.5 Å². The van der Waals surface area contributed by atoms with Crippen LogP contribution in [0.2, 0.25) is 0 Å². The number of aromatic nitrogens is 4. The molecule has 0 saturated carbocycles. The summed E-state index contributed by atoms with van der Waals surface area (Å²) in [6, 6.07) is -0.684. The van der Waals surface area contributed by atoms with Gasteiger partial charge in [0.2, 0.25) is 5.82 Å². The monoisotopic (exact) mass is 201 g/mol. The van der Waals surface area contributed by atoms with E-state index in [0.717, 1.165) is 0 Å². The third kappa shape index (κ3) is 2.39. The van der Waals surface area contributed by atoms with Crippen LogP contribution in [0.15, 0.2) is 0 Å². The molecule has 0 unspecified atom stereocenters. The maximum Gasteiger partial charge on any atom is 0.404 e. The Labute approximate surface area is 79.5 Å². The molecule has 1 aromatic rings.